The molecule has 0 bridgehead atoms. The highest BCUT2D eigenvalue weighted by atomic mass is 32.1. The van der Waals surface area contributed by atoms with E-state index in [0.717, 1.165) is 5.69 Å². The number of anilines is 1. The third-order valence-electron chi connectivity index (χ3n) is 1.57. The van der Waals surface area contributed by atoms with Crippen molar-refractivity contribution in [1.29, 1.82) is 0 Å². The predicted octanol–water partition coefficient (Wildman–Crippen LogP) is 2.72. The molecule has 0 aliphatic heterocycles. The molecule has 0 radical (unpaired) electrons. The van der Waals surface area contributed by atoms with Crippen molar-refractivity contribution in [3.8, 4) is 0 Å². The summed E-state index contributed by atoms with van der Waals surface area (Å²) in [5.41, 5.74) is 6.55. The number of hydrogen-bond acceptors (Lipinski definition) is 3. The Balaban J connectivity index is 0.000000151. The number of benzene rings is 1. The standard InChI is InChI=1S/C6H7N.C5H4O2S/c7-6-4-2-1-3-5-6;6-5(7)4-1-2-8-3-4/h1-5H,7H2;1-3H,(H,6,7). The van der Waals surface area contributed by atoms with Gasteiger partial charge in [0.25, 0.3) is 0 Å². The van der Waals surface area contributed by atoms with Gasteiger partial charge in [-0.1, -0.05) is 18.2 Å². The van der Waals surface area contributed by atoms with E-state index in [1.165, 1.54) is 11.3 Å². The van der Waals surface area contributed by atoms with Gasteiger partial charge >= 0.3 is 5.97 Å². The SMILES string of the molecule is Nc1ccccc1.O=C(O)c1ccsc1. The maximum atomic E-state index is 10.1. The third kappa shape index (κ3) is 4.28. The van der Waals surface area contributed by atoms with E-state index in [-0.39, 0.29) is 0 Å². The van der Waals surface area contributed by atoms with Gasteiger partial charge < -0.3 is 10.8 Å². The summed E-state index contributed by atoms with van der Waals surface area (Å²) < 4.78 is 0. The molecule has 0 aliphatic carbocycles. The van der Waals surface area contributed by atoms with Crippen LogP contribution >= 0.6 is 11.3 Å². The Kier molecular flexibility index (Phi) is 4.37. The molecule has 3 N–H and O–H groups in total. The lowest BCUT2D eigenvalue weighted by atomic mass is 10.3. The highest BCUT2D eigenvalue weighted by Gasteiger charge is 1.98. The van der Waals surface area contributed by atoms with E-state index in [1.807, 2.05) is 30.3 Å². The molecule has 1 aromatic carbocycles. The summed E-state index contributed by atoms with van der Waals surface area (Å²) in [5.74, 6) is -0.855. The van der Waals surface area contributed by atoms with Gasteiger partial charge in [0.1, 0.15) is 0 Å². The molecule has 2 rings (SSSR count). The summed E-state index contributed by atoms with van der Waals surface area (Å²) in [6.45, 7) is 0. The Hall–Kier alpha value is -1.81. The van der Waals surface area contributed by atoms with E-state index in [1.54, 1.807) is 16.8 Å². The van der Waals surface area contributed by atoms with Crippen LogP contribution in [0, 0.1) is 0 Å². The monoisotopic (exact) mass is 221 g/mol. The van der Waals surface area contributed by atoms with Crippen LogP contribution in [0.1, 0.15) is 10.4 Å². The molecular formula is C11H11NO2S. The molecule has 0 aliphatic rings. The Morgan fingerprint density at radius 2 is 1.87 bits per heavy atom. The summed E-state index contributed by atoms with van der Waals surface area (Å²) in [6, 6.07) is 11.1. The van der Waals surface area contributed by atoms with E-state index in [0.29, 0.717) is 5.56 Å². The molecule has 4 heteroatoms. The second kappa shape index (κ2) is 5.82. The lowest BCUT2D eigenvalue weighted by molar-refractivity contribution is 0.0697. The third-order valence-corrected chi connectivity index (χ3v) is 2.25. The van der Waals surface area contributed by atoms with Crippen molar-refractivity contribution in [3.63, 3.8) is 0 Å². The van der Waals surface area contributed by atoms with Crippen LogP contribution in [-0.4, -0.2) is 11.1 Å². The Bertz CT molecular complexity index is 398. The van der Waals surface area contributed by atoms with Crippen molar-refractivity contribution in [1.82, 2.24) is 0 Å². The first-order valence-corrected chi connectivity index (χ1v) is 5.20. The van der Waals surface area contributed by atoms with Crippen LogP contribution in [0.25, 0.3) is 0 Å². The lowest BCUT2D eigenvalue weighted by Crippen LogP contribution is -1.90. The number of nitrogens with two attached hydrogens (primary N) is 1. The van der Waals surface area contributed by atoms with Crippen LogP contribution in [0.5, 0.6) is 0 Å². The average Bonchev–Trinajstić information content (AvgIpc) is 2.72. The summed E-state index contributed by atoms with van der Waals surface area (Å²) in [4.78, 5) is 10.1. The van der Waals surface area contributed by atoms with Crippen LogP contribution < -0.4 is 5.73 Å². The summed E-state index contributed by atoms with van der Waals surface area (Å²) in [7, 11) is 0. The molecule has 0 spiro atoms. The first-order chi connectivity index (χ1) is 7.20. The van der Waals surface area contributed by atoms with Gasteiger partial charge in [0.05, 0.1) is 5.56 Å². The van der Waals surface area contributed by atoms with Crippen LogP contribution in [0.4, 0.5) is 5.69 Å². The zero-order valence-electron chi connectivity index (χ0n) is 7.96. The van der Waals surface area contributed by atoms with Crippen molar-refractivity contribution in [2.24, 2.45) is 0 Å². The first-order valence-electron chi connectivity index (χ1n) is 4.26. The Morgan fingerprint density at radius 1 is 1.20 bits per heavy atom. The molecule has 3 nitrogen and oxygen atoms in total. The quantitative estimate of drug-likeness (QED) is 0.728. The molecule has 1 aromatic heterocycles. The number of rotatable bonds is 1. The van der Waals surface area contributed by atoms with Gasteiger partial charge in [0.15, 0.2) is 0 Å². The molecule has 1 heterocycles. The van der Waals surface area contributed by atoms with Crippen LogP contribution in [0.3, 0.4) is 0 Å². The molecular weight excluding hydrogens is 210 g/mol. The van der Waals surface area contributed by atoms with Crippen molar-refractivity contribution < 1.29 is 9.90 Å². The number of aromatic carboxylic acids is 1. The van der Waals surface area contributed by atoms with Crippen molar-refractivity contribution in [2.45, 2.75) is 0 Å². The van der Waals surface area contributed by atoms with Gasteiger partial charge in [-0.3, -0.25) is 0 Å². The topological polar surface area (TPSA) is 63.3 Å². The predicted molar refractivity (Wildman–Crippen MR) is 62.1 cm³/mol. The van der Waals surface area contributed by atoms with Crippen LogP contribution in [0.15, 0.2) is 47.2 Å². The van der Waals surface area contributed by atoms with Gasteiger partial charge in [-0.15, -0.1) is 0 Å². The lowest BCUT2D eigenvalue weighted by Gasteiger charge is -1.83. The summed E-state index contributed by atoms with van der Waals surface area (Å²) >= 11 is 1.39. The Morgan fingerprint density at radius 3 is 2.13 bits per heavy atom. The zero-order valence-corrected chi connectivity index (χ0v) is 8.78. The minimum Gasteiger partial charge on any atom is -0.478 e. The van der Waals surface area contributed by atoms with E-state index in [4.69, 9.17) is 10.8 Å². The number of carboxylic acids is 1. The molecule has 0 amide bonds. The molecule has 78 valence electrons. The maximum absolute atomic E-state index is 10.1. The first kappa shape index (κ1) is 11.3. The molecule has 0 unspecified atom stereocenters. The number of carboxylic acid groups (broad SMARTS) is 1. The largest absolute Gasteiger partial charge is 0.478 e. The van der Waals surface area contributed by atoms with Crippen molar-refractivity contribution in [3.05, 3.63) is 52.7 Å². The zero-order chi connectivity index (χ0) is 11.1. The fraction of sp³-hybridized carbons (Fsp3) is 0. The number of nitrogen functional groups attached to an aromatic ring is 1. The number of hydrogen-bond donors (Lipinski definition) is 2. The van der Waals surface area contributed by atoms with Gasteiger partial charge in [0.2, 0.25) is 0 Å². The number of carbonyl (C=O) groups is 1. The maximum Gasteiger partial charge on any atom is 0.336 e. The number of para-hydroxylation sites is 1. The normalized spacial score (nSPS) is 8.80. The summed E-state index contributed by atoms with van der Waals surface area (Å²) in [6.07, 6.45) is 0. The molecule has 2 aromatic rings. The van der Waals surface area contributed by atoms with Gasteiger partial charge in [-0.25, -0.2) is 4.79 Å². The van der Waals surface area contributed by atoms with E-state index < -0.39 is 5.97 Å². The molecule has 15 heavy (non-hydrogen) atoms. The Labute approximate surface area is 91.8 Å². The minimum atomic E-state index is -0.855. The second-order valence-electron chi connectivity index (χ2n) is 2.73. The second-order valence-corrected chi connectivity index (χ2v) is 3.51. The van der Waals surface area contributed by atoms with Gasteiger partial charge in [-0.05, 0) is 23.6 Å². The van der Waals surface area contributed by atoms with E-state index >= 15 is 0 Å². The van der Waals surface area contributed by atoms with Crippen LogP contribution in [-0.2, 0) is 0 Å². The molecule has 0 fully saturated rings. The van der Waals surface area contributed by atoms with Crippen molar-refractivity contribution >= 4 is 23.0 Å². The smallest absolute Gasteiger partial charge is 0.336 e. The summed E-state index contributed by atoms with van der Waals surface area (Å²) in [5, 5.41) is 11.6. The fourth-order valence-corrected chi connectivity index (χ4v) is 1.47. The number of thiophene rings is 1. The highest BCUT2D eigenvalue weighted by molar-refractivity contribution is 7.08. The fourth-order valence-electron chi connectivity index (χ4n) is 0.839. The van der Waals surface area contributed by atoms with E-state index in [2.05, 4.69) is 0 Å². The minimum absolute atomic E-state index is 0.370. The van der Waals surface area contributed by atoms with Gasteiger partial charge in [0, 0.05) is 11.1 Å². The average molecular weight is 221 g/mol. The van der Waals surface area contributed by atoms with E-state index in [9.17, 15) is 4.79 Å². The molecule has 0 atom stereocenters. The van der Waals surface area contributed by atoms with Crippen molar-refractivity contribution in [2.75, 3.05) is 5.73 Å². The molecule has 0 saturated heterocycles. The van der Waals surface area contributed by atoms with Crippen LogP contribution in [0.2, 0.25) is 0 Å². The highest BCUT2D eigenvalue weighted by Crippen LogP contribution is 2.04. The van der Waals surface area contributed by atoms with Gasteiger partial charge in [-0.2, -0.15) is 11.3 Å². The molecule has 0 saturated carbocycles.